The van der Waals surface area contributed by atoms with E-state index >= 15 is 0 Å². The Hall–Kier alpha value is -11.8. The Morgan fingerprint density at radius 3 is 1.22 bits per heavy atom. The Kier molecular flexibility index (Phi) is 40.3. The van der Waals surface area contributed by atoms with E-state index in [0.29, 0.717) is 151 Å². The normalized spacial score (nSPS) is 14.6. The van der Waals surface area contributed by atoms with Crippen molar-refractivity contribution < 1.29 is 128 Å². The van der Waals surface area contributed by atoms with Crippen LogP contribution in [0, 0.1) is 34.9 Å². The number of aryl methyl sites for hydroxylation is 1. The molecule has 4 aliphatic rings. The number of primary amides is 2. The van der Waals surface area contributed by atoms with Crippen LogP contribution in [0.25, 0.3) is 22.3 Å². The Balaban J connectivity index is 0.000000238. The van der Waals surface area contributed by atoms with Gasteiger partial charge in [-0.25, -0.2) is 35.9 Å². The highest BCUT2D eigenvalue weighted by molar-refractivity contribution is 9.10. The number of hydrogen-bond acceptors (Lipinski definition) is 15. The minimum Gasteiger partial charge on any atom is -0.480 e. The number of alkyl halides is 13. The third kappa shape index (κ3) is 28.4. The van der Waals surface area contributed by atoms with E-state index in [1.54, 1.807) is 58.9 Å². The minimum atomic E-state index is -4.68. The first-order valence-electron chi connectivity index (χ1n) is 43.4. The molecular formula is C94H106BrF18N13O10. The number of amides is 2. The van der Waals surface area contributed by atoms with Crippen LogP contribution in [0.5, 0.6) is 0 Å². The maximum Gasteiger partial charge on any atom is 0.435 e. The molecule has 4 unspecified atom stereocenters. The first-order valence-corrected chi connectivity index (χ1v) is 44.3. The van der Waals surface area contributed by atoms with Gasteiger partial charge in [0, 0.05) is 93.0 Å². The lowest BCUT2D eigenvalue weighted by Gasteiger charge is -2.24. The molecule has 10 aromatic rings. The van der Waals surface area contributed by atoms with Crippen LogP contribution in [0.1, 0.15) is 274 Å². The molecule has 6 aromatic heterocycles. The molecule has 23 nitrogen and oxygen atoms in total. The lowest BCUT2D eigenvalue weighted by atomic mass is 9.85. The summed E-state index contributed by atoms with van der Waals surface area (Å²) in [5, 5.41) is 26.1. The number of nitrogens with two attached hydrogens (primary N) is 3. The second-order valence-electron chi connectivity index (χ2n) is 31.9. The van der Waals surface area contributed by atoms with E-state index < -0.39 is 142 Å². The SMILES string of the molecule is C.CCC(C(=O)C[C@@H](Cc1cc(F)cc(F)c1)c1ncccc1-c1ccc(F)c(C(N)=O)c1)n1nc(C(F)(F)F)c2c1CCCC2.CCC(C(=O)O)n1nc(C(F)(F)F)c2c1CCCC2.CCOC(=O)C(Br)CC.CCOC(=O)C(CC)n1nc(C(F)(F)F)c2c1CCCC2.FC(F)(F)c1n[nH]c2c1CCCC2.NC(=O)c1cc(-c2cccnc2[C@@H](N)Cc2cc(F)cc(F)c2)ccc1F.O. The molecule has 14 rings (SSSR count). The quantitative estimate of drug-likeness (QED) is 0.0202. The van der Waals surface area contributed by atoms with Crippen LogP contribution in [-0.4, -0.2) is 114 Å². The van der Waals surface area contributed by atoms with Crippen molar-refractivity contribution in [2.24, 2.45) is 17.2 Å². The van der Waals surface area contributed by atoms with E-state index in [1.165, 1.54) is 58.2 Å². The monoisotopic (exact) mass is 2000 g/mol. The van der Waals surface area contributed by atoms with Gasteiger partial charge in [0.25, 0.3) is 11.8 Å². The van der Waals surface area contributed by atoms with E-state index in [1.807, 2.05) is 6.92 Å². The molecule has 0 saturated heterocycles. The molecule has 0 fully saturated rings. The highest BCUT2D eigenvalue weighted by Crippen LogP contribution is 2.44. The largest absolute Gasteiger partial charge is 0.480 e. The fourth-order valence-corrected chi connectivity index (χ4v) is 16.7. The van der Waals surface area contributed by atoms with Crippen LogP contribution < -0.4 is 17.2 Å². The van der Waals surface area contributed by atoms with Gasteiger partial charge in [-0.05, 0) is 238 Å². The minimum absolute atomic E-state index is 0. The van der Waals surface area contributed by atoms with Crippen molar-refractivity contribution in [3.05, 3.63) is 246 Å². The van der Waals surface area contributed by atoms with Gasteiger partial charge < -0.3 is 37.3 Å². The Labute approximate surface area is 779 Å². The number of halogens is 19. The summed E-state index contributed by atoms with van der Waals surface area (Å²) in [5.41, 5.74) is 18.9. The summed E-state index contributed by atoms with van der Waals surface area (Å²) in [7, 11) is 0. The Morgan fingerprint density at radius 1 is 0.463 bits per heavy atom. The smallest absolute Gasteiger partial charge is 0.435 e. The zero-order valence-electron chi connectivity index (χ0n) is 74.2. The predicted molar refractivity (Wildman–Crippen MR) is 470 cm³/mol. The number of H-pyrrole nitrogens is 1. The lowest BCUT2D eigenvalue weighted by molar-refractivity contribution is -0.149. The molecule has 0 saturated carbocycles. The number of pyridine rings is 2. The van der Waals surface area contributed by atoms with Crippen LogP contribution >= 0.6 is 15.9 Å². The Morgan fingerprint density at radius 2 is 0.831 bits per heavy atom. The number of Topliss-reactive ketones (excluding diaryl/α,β-unsaturated/α-hetero) is 1. The van der Waals surface area contributed by atoms with Gasteiger partial charge in [-0.3, -0.25) is 48.3 Å². The van der Waals surface area contributed by atoms with Crippen molar-refractivity contribution in [3.63, 3.8) is 0 Å². The summed E-state index contributed by atoms with van der Waals surface area (Å²) in [4.78, 5) is 79.7. The average molecular weight is 2000 g/mol. The van der Waals surface area contributed by atoms with E-state index in [9.17, 15) is 108 Å². The van der Waals surface area contributed by atoms with E-state index in [4.69, 9.17) is 31.8 Å². The molecule has 2 amide bonds. The zero-order valence-corrected chi connectivity index (χ0v) is 75.8. The van der Waals surface area contributed by atoms with Crippen molar-refractivity contribution >= 4 is 51.4 Å². The van der Waals surface area contributed by atoms with Crippen molar-refractivity contribution in [3.8, 4) is 22.3 Å². The summed E-state index contributed by atoms with van der Waals surface area (Å²) >= 11 is 3.17. The number of carbonyl (C=O) groups excluding carboxylic acids is 5. The number of nitrogens with one attached hydrogen (secondary N) is 1. The summed E-state index contributed by atoms with van der Waals surface area (Å²) in [5.74, 6) is -9.56. The number of benzene rings is 4. The summed E-state index contributed by atoms with van der Waals surface area (Å²) in [6, 6.07) is 16.9. The molecule has 10 N–H and O–H groups in total. The first kappa shape index (κ1) is 111. The predicted octanol–water partition coefficient (Wildman–Crippen LogP) is 20.8. The number of aliphatic carboxylic acids is 1. The van der Waals surface area contributed by atoms with Crippen molar-refractivity contribution in [2.45, 2.75) is 256 Å². The molecule has 136 heavy (non-hydrogen) atoms. The van der Waals surface area contributed by atoms with Crippen LogP contribution in [0.4, 0.5) is 79.0 Å². The van der Waals surface area contributed by atoms with Gasteiger partial charge in [0.05, 0.1) is 41.8 Å². The number of hydrogen-bond donors (Lipinski definition) is 5. The highest BCUT2D eigenvalue weighted by atomic mass is 79.9. The summed E-state index contributed by atoms with van der Waals surface area (Å²) < 4.78 is 253. The molecule has 4 aromatic carbocycles. The summed E-state index contributed by atoms with van der Waals surface area (Å²) in [6.45, 7) is 11.1. The Bertz CT molecular complexity index is 5730. The van der Waals surface area contributed by atoms with Crippen molar-refractivity contribution in [1.82, 2.24) is 49.5 Å². The number of aromatic amines is 1. The number of carbonyl (C=O) groups is 6. The second-order valence-corrected chi connectivity index (χ2v) is 33.0. The fraction of sp³-hybridized carbons (Fsp3) is 0.447. The lowest BCUT2D eigenvalue weighted by Crippen LogP contribution is -2.25. The van der Waals surface area contributed by atoms with Crippen LogP contribution in [0.3, 0.4) is 0 Å². The maximum absolute atomic E-state index is 14.3. The summed E-state index contributed by atoms with van der Waals surface area (Å²) in [6.07, 6.45) is -4.25. The van der Waals surface area contributed by atoms with Crippen LogP contribution in [-0.2, 0) is 118 Å². The maximum atomic E-state index is 14.3. The number of rotatable bonds is 25. The first-order chi connectivity index (χ1) is 63.3. The third-order valence-electron chi connectivity index (χ3n) is 22.6. The van der Waals surface area contributed by atoms with E-state index in [-0.39, 0.29) is 102 Å². The molecule has 0 aliphatic heterocycles. The molecule has 0 bridgehead atoms. The number of ketones is 1. The van der Waals surface area contributed by atoms with Gasteiger partial charge in [-0.1, -0.05) is 75.3 Å². The average Bonchev–Trinajstić information content (AvgIpc) is 1.63. The molecule has 0 spiro atoms. The molecule has 6 heterocycles. The zero-order chi connectivity index (χ0) is 98.6. The van der Waals surface area contributed by atoms with E-state index in [2.05, 4.69) is 51.4 Å². The molecular weight excluding hydrogens is 1890 g/mol. The number of esters is 2. The number of carboxylic acids is 1. The number of ether oxygens (including phenoxy) is 2. The number of nitrogens with zero attached hydrogens (tertiary/aromatic N) is 9. The van der Waals surface area contributed by atoms with Gasteiger partial charge in [0.15, 0.2) is 28.6 Å². The number of fused-ring (bicyclic) bond motifs is 4. The van der Waals surface area contributed by atoms with Crippen LogP contribution in [0.15, 0.2) is 109 Å². The van der Waals surface area contributed by atoms with Crippen molar-refractivity contribution in [2.75, 3.05) is 13.2 Å². The van der Waals surface area contributed by atoms with Gasteiger partial charge in [0.2, 0.25) is 0 Å². The van der Waals surface area contributed by atoms with Crippen molar-refractivity contribution in [1.29, 1.82) is 0 Å². The molecule has 6 atom stereocenters. The molecule has 42 heteroatoms. The van der Waals surface area contributed by atoms with Crippen LogP contribution in [0.2, 0.25) is 0 Å². The topological polar surface area (TPSA) is 359 Å². The molecule has 740 valence electrons. The van der Waals surface area contributed by atoms with Gasteiger partial charge in [0.1, 0.15) is 57.9 Å². The van der Waals surface area contributed by atoms with Gasteiger partial charge >= 0.3 is 42.6 Å². The van der Waals surface area contributed by atoms with Gasteiger partial charge in [-0.2, -0.15) is 73.1 Å². The number of aromatic nitrogens is 10. The third-order valence-corrected chi connectivity index (χ3v) is 23.7. The van der Waals surface area contributed by atoms with E-state index in [0.717, 1.165) is 73.5 Å². The highest BCUT2D eigenvalue weighted by Gasteiger charge is 2.45. The standard InChI is InChI=1S/C33H30F6N4O2.C20H16F3N3O.C14H19F3N2O2.C12H15F3N2O2.C8H9F3N2.C6H11BrO2.CH4.H2O/c1-2-27(43-28-8-4-3-6-24(28)31(42-43)33(37,38)39)29(44)16-20(12-18-13-21(34)17-22(35)14-18)30-23(7-5-11-41-30)19-9-10-26(36)25(15-19)32(40)45;21-13-6-11(7-14(22)10-13)8-18(24)19-15(2-1-5-26-19)12-3-4-17(23)16(9-12)20(25)27;1-3-10(13(20)21-4-2)19-11-8-6-5-7-9(11)12(18-19)14(15,16)17;1-2-8(11(18)19)17-9-6-4-3-5-7(9)10(16-17)12(13,14)15;9-8(10,11)7-5-3-1-2-4-6(5)12-13-7;1-3-5(7)6(8)9-4-2;;/h5,7,9-11,13-15,17,20,27H,2-4,6,8,12,16H2,1H3,(H2,40,45);1-7,9-10,18H,8,24H2,(H2,25,27);10H,3-8H2,1-2H3;8H,2-6H2,1H3,(H,18,19);1-4H2,(H,12,13);5H,3-4H2,1-2H3;1H4;1H2/t20-,27?;18-;;;;;;/m10....../s1. The number of carboxylic acid groups (broad SMARTS) is 1. The fourth-order valence-electron chi connectivity index (χ4n) is 16.6. The second kappa shape index (κ2) is 49.3. The molecule has 4 aliphatic carbocycles. The van der Waals surface area contributed by atoms with Gasteiger partial charge in [-0.15, -0.1) is 0 Å². The molecule has 0 radical (unpaired) electrons.